The molecule has 1 N–H and O–H groups in total. The second kappa shape index (κ2) is 6.36. The van der Waals surface area contributed by atoms with Crippen molar-refractivity contribution in [3.05, 3.63) is 24.3 Å². The fourth-order valence-electron chi connectivity index (χ4n) is 2.07. The van der Waals surface area contributed by atoms with Crippen LogP contribution >= 0.6 is 0 Å². The van der Waals surface area contributed by atoms with Crippen LogP contribution in [0.4, 0.5) is 5.69 Å². The number of benzene rings is 1. The summed E-state index contributed by atoms with van der Waals surface area (Å²) in [6, 6.07) is 5.91. The highest BCUT2D eigenvalue weighted by molar-refractivity contribution is 6.22. The summed E-state index contributed by atoms with van der Waals surface area (Å²) in [4.78, 5) is 36.4. The van der Waals surface area contributed by atoms with Gasteiger partial charge in [-0.3, -0.25) is 19.7 Å². The van der Waals surface area contributed by atoms with Crippen molar-refractivity contribution in [2.45, 2.75) is 12.5 Å². The topological polar surface area (TPSA) is 84.9 Å². The summed E-state index contributed by atoms with van der Waals surface area (Å²) in [7, 11) is 2.79. The van der Waals surface area contributed by atoms with Gasteiger partial charge in [0.05, 0.1) is 38.9 Å². The van der Waals surface area contributed by atoms with Gasteiger partial charge in [0.25, 0.3) is 5.91 Å². The summed E-state index contributed by atoms with van der Waals surface area (Å²) in [6.07, 6.45) is 0.0157. The van der Waals surface area contributed by atoms with Crippen LogP contribution in [0.2, 0.25) is 0 Å². The van der Waals surface area contributed by atoms with Crippen molar-refractivity contribution in [3.63, 3.8) is 0 Å². The minimum atomic E-state index is -0.710. The van der Waals surface area contributed by atoms with Gasteiger partial charge in [0, 0.05) is 0 Å². The normalized spacial score (nSPS) is 18.0. The monoisotopic (exact) mass is 292 g/mol. The third-order valence-corrected chi connectivity index (χ3v) is 3.20. The Morgan fingerprint density at radius 1 is 1.29 bits per heavy atom. The third kappa shape index (κ3) is 3.19. The predicted octanol–water partition coefficient (Wildman–Crippen LogP) is 0.0897. The summed E-state index contributed by atoms with van der Waals surface area (Å²) >= 11 is 0. The molecule has 1 aromatic rings. The lowest BCUT2D eigenvalue weighted by atomic mass is 10.2. The first-order chi connectivity index (χ1) is 10.1. The van der Waals surface area contributed by atoms with E-state index in [2.05, 4.69) is 10.1 Å². The number of hydrogen-bond donors (Lipinski definition) is 1. The molecular formula is C14H16N2O5. The number of methoxy groups -OCH3 is 2. The van der Waals surface area contributed by atoms with Crippen molar-refractivity contribution in [1.82, 2.24) is 5.32 Å². The van der Waals surface area contributed by atoms with Gasteiger partial charge >= 0.3 is 5.97 Å². The highest BCUT2D eigenvalue weighted by Crippen LogP contribution is 2.24. The Kier molecular flexibility index (Phi) is 4.54. The Labute approximate surface area is 121 Å². The molecule has 1 aliphatic rings. The summed E-state index contributed by atoms with van der Waals surface area (Å²) in [5, 5.41) is 2.72. The Morgan fingerprint density at radius 2 is 1.95 bits per heavy atom. The van der Waals surface area contributed by atoms with E-state index in [1.165, 1.54) is 14.2 Å². The summed E-state index contributed by atoms with van der Waals surface area (Å²) in [6.45, 7) is -0.114. The number of ether oxygens (including phenoxy) is 2. The molecule has 1 aliphatic heterocycles. The standard InChI is InChI=1S/C14H16N2O5/c1-20-10-5-3-9(4-6-10)16-12(17)7-11(14(16)19)15-8-13(18)21-2/h3-6,11,15H,7-8H2,1-2H3/t11-/m0/s1. The number of anilines is 1. The first-order valence-electron chi connectivity index (χ1n) is 6.38. The van der Waals surface area contributed by atoms with Crippen molar-refractivity contribution in [2.24, 2.45) is 0 Å². The third-order valence-electron chi connectivity index (χ3n) is 3.20. The van der Waals surface area contributed by atoms with Gasteiger partial charge in [-0.25, -0.2) is 4.90 Å². The zero-order valence-electron chi connectivity index (χ0n) is 11.8. The van der Waals surface area contributed by atoms with Crippen LogP contribution in [0.15, 0.2) is 24.3 Å². The molecule has 0 bridgehead atoms. The first kappa shape index (κ1) is 15.0. The van der Waals surface area contributed by atoms with E-state index < -0.39 is 12.0 Å². The summed E-state index contributed by atoms with van der Waals surface area (Å²) in [5.74, 6) is -0.544. The fourth-order valence-corrected chi connectivity index (χ4v) is 2.07. The molecule has 0 spiro atoms. The van der Waals surface area contributed by atoms with Gasteiger partial charge in [-0.15, -0.1) is 0 Å². The van der Waals surface area contributed by atoms with Gasteiger partial charge in [0.2, 0.25) is 5.91 Å². The molecule has 7 heteroatoms. The van der Waals surface area contributed by atoms with E-state index in [1.54, 1.807) is 24.3 Å². The predicted molar refractivity (Wildman–Crippen MR) is 73.9 cm³/mol. The molecule has 1 heterocycles. The van der Waals surface area contributed by atoms with Gasteiger partial charge in [-0.1, -0.05) is 0 Å². The van der Waals surface area contributed by atoms with Crippen molar-refractivity contribution in [1.29, 1.82) is 0 Å². The molecule has 1 aromatic carbocycles. The lowest BCUT2D eigenvalue weighted by Crippen LogP contribution is -2.41. The number of hydrogen-bond acceptors (Lipinski definition) is 6. The van der Waals surface area contributed by atoms with Crippen LogP contribution in [-0.2, 0) is 19.1 Å². The Morgan fingerprint density at radius 3 is 2.52 bits per heavy atom. The molecule has 21 heavy (non-hydrogen) atoms. The second-order valence-corrected chi connectivity index (χ2v) is 4.48. The number of nitrogens with zero attached hydrogens (tertiary/aromatic N) is 1. The Bertz CT molecular complexity index is 555. The zero-order valence-corrected chi connectivity index (χ0v) is 11.8. The maximum atomic E-state index is 12.2. The van der Waals surface area contributed by atoms with Gasteiger partial charge in [0.15, 0.2) is 0 Å². The Hall–Kier alpha value is -2.41. The van der Waals surface area contributed by atoms with Gasteiger partial charge in [0.1, 0.15) is 5.75 Å². The van der Waals surface area contributed by atoms with E-state index in [0.29, 0.717) is 11.4 Å². The van der Waals surface area contributed by atoms with E-state index in [-0.39, 0.29) is 24.8 Å². The van der Waals surface area contributed by atoms with Crippen LogP contribution in [0.3, 0.4) is 0 Å². The van der Waals surface area contributed by atoms with Crippen molar-refractivity contribution >= 4 is 23.5 Å². The number of carbonyl (C=O) groups excluding carboxylic acids is 3. The molecular weight excluding hydrogens is 276 g/mol. The maximum absolute atomic E-state index is 12.2. The van der Waals surface area contributed by atoms with Crippen LogP contribution in [0, 0.1) is 0 Å². The van der Waals surface area contributed by atoms with Crippen molar-refractivity contribution in [3.8, 4) is 5.75 Å². The highest BCUT2D eigenvalue weighted by Gasteiger charge is 2.39. The SMILES string of the molecule is COC(=O)CN[C@H]1CC(=O)N(c2ccc(OC)cc2)C1=O. The number of rotatable bonds is 5. The highest BCUT2D eigenvalue weighted by atomic mass is 16.5. The first-order valence-corrected chi connectivity index (χ1v) is 6.38. The molecule has 0 unspecified atom stereocenters. The van der Waals surface area contributed by atoms with E-state index >= 15 is 0 Å². The van der Waals surface area contributed by atoms with Gasteiger partial charge in [-0.2, -0.15) is 0 Å². The van der Waals surface area contributed by atoms with Crippen LogP contribution in [0.1, 0.15) is 6.42 Å². The molecule has 2 rings (SSSR count). The minimum absolute atomic E-state index is 0.0157. The average molecular weight is 292 g/mol. The molecule has 0 saturated carbocycles. The molecule has 1 atom stereocenters. The minimum Gasteiger partial charge on any atom is -0.497 e. The van der Waals surface area contributed by atoms with Crippen LogP contribution in [0.25, 0.3) is 0 Å². The lowest BCUT2D eigenvalue weighted by molar-refractivity contribution is -0.139. The molecule has 0 aliphatic carbocycles. The van der Waals surface area contributed by atoms with Crippen molar-refractivity contribution in [2.75, 3.05) is 25.7 Å². The van der Waals surface area contributed by atoms with Crippen molar-refractivity contribution < 1.29 is 23.9 Å². The van der Waals surface area contributed by atoms with Crippen LogP contribution in [0.5, 0.6) is 5.75 Å². The van der Waals surface area contributed by atoms with E-state index in [0.717, 1.165) is 4.90 Å². The van der Waals surface area contributed by atoms with Gasteiger partial charge < -0.3 is 9.47 Å². The smallest absolute Gasteiger partial charge is 0.319 e. The summed E-state index contributed by atoms with van der Waals surface area (Å²) in [5.41, 5.74) is 0.480. The quantitative estimate of drug-likeness (QED) is 0.611. The summed E-state index contributed by atoms with van der Waals surface area (Å²) < 4.78 is 9.52. The maximum Gasteiger partial charge on any atom is 0.319 e. The number of imide groups is 1. The largest absolute Gasteiger partial charge is 0.497 e. The Balaban J connectivity index is 2.08. The fraction of sp³-hybridized carbons (Fsp3) is 0.357. The molecule has 1 fully saturated rings. The molecule has 0 aromatic heterocycles. The van der Waals surface area contributed by atoms with E-state index in [1.807, 2.05) is 0 Å². The molecule has 0 radical (unpaired) electrons. The van der Waals surface area contributed by atoms with E-state index in [9.17, 15) is 14.4 Å². The van der Waals surface area contributed by atoms with Crippen LogP contribution < -0.4 is 15.0 Å². The number of nitrogens with one attached hydrogen (secondary N) is 1. The van der Waals surface area contributed by atoms with Gasteiger partial charge in [-0.05, 0) is 24.3 Å². The van der Waals surface area contributed by atoms with E-state index in [4.69, 9.17) is 4.74 Å². The zero-order chi connectivity index (χ0) is 15.4. The molecule has 112 valence electrons. The molecule has 1 saturated heterocycles. The number of esters is 1. The number of carbonyl (C=O) groups is 3. The average Bonchev–Trinajstić information content (AvgIpc) is 2.79. The van der Waals surface area contributed by atoms with Crippen LogP contribution in [-0.4, -0.2) is 44.6 Å². The molecule has 2 amide bonds. The second-order valence-electron chi connectivity index (χ2n) is 4.48. The molecule has 7 nitrogen and oxygen atoms in total. The number of amides is 2. The lowest BCUT2D eigenvalue weighted by Gasteiger charge is -2.15.